The van der Waals surface area contributed by atoms with Crippen LogP contribution in [0.15, 0.2) is 66.1 Å². The fourth-order valence-electron chi connectivity index (χ4n) is 2.63. The van der Waals surface area contributed by atoms with Gasteiger partial charge in [0.2, 0.25) is 10.0 Å². The summed E-state index contributed by atoms with van der Waals surface area (Å²) in [5.74, 6) is -0.431. The zero-order valence-corrected chi connectivity index (χ0v) is 16.5. The van der Waals surface area contributed by atoms with Crippen LogP contribution in [0.1, 0.15) is 28.4 Å². The molecule has 0 radical (unpaired) electrons. The molecule has 2 N–H and O–H groups in total. The highest BCUT2D eigenvalue weighted by molar-refractivity contribution is 7.89. The maximum Gasteiger partial charge on any atom is 0.416 e. The molecule has 2 aromatic rings. The van der Waals surface area contributed by atoms with Gasteiger partial charge in [-0.25, -0.2) is 13.1 Å². The summed E-state index contributed by atoms with van der Waals surface area (Å²) in [5, 5.41) is 2.56. The first-order valence-electron chi connectivity index (χ1n) is 8.70. The largest absolute Gasteiger partial charge is 0.416 e. The third kappa shape index (κ3) is 6.43. The van der Waals surface area contributed by atoms with Gasteiger partial charge in [0.05, 0.1) is 10.5 Å². The van der Waals surface area contributed by atoms with Crippen LogP contribution in [0.4, 0.5) is 13.2 Å². The number of sulfonamides is 1. The van der Waals surface area contributed by atoms with Gasteiger partial charge in [-0.05, 0) is 49.2 Å². The van der Waals surface area contributed by atoms with E-state index in [2.05, 4.69) is 16.6 Å². The molecule has 0 aliphatic carbocycles. The summed E-state index contributed by atoms with van der Waals surface area (Å²) >= 11 is 0. The topological polar surface area (TPSA) is 75.3 Å². The average Bonchev–Trinajstić information content (AvgIpc) is 2.65. The second-order valence-corrected chi connectivity index (χ2v) is 8.16. The molecule has 0 bridgehead atoms. The van der Waals surface area contributed by atoms with Crippen LogP contribution in [0.25, 0.3) is 0 Å². The highest BCUT2D eigenvalue weighted by atomic mass is 32.2. The molecule has 1 amide bonds. The maximum absolute atomic E-state index is 12.6. The third-order valence-electron chi connectivity index (χ3n) is 3.99. The van der Waals surface area contributed by atoms with Crippen molar-refractivity contribution >= 4 is 15.9 Å². The van der Waals surface area contributed by atoms with Crippen LogP contribution in [0.2, 0.25) is 0 Å². The Morgan fingerprint density at radius 1 is 1.17 bits per heavy atom. The van der Waals surface area contributed by atoms with E-state index in [1.54, 1.807) is 6.92 Å². The Balaban J connectivity index is 2.08. The molecule has 1 atom stereocenters. The zero-order chi connectivity index (χ0) is 21.7. The lowest BCUT2D eigenvalue weighted by Gasteiger charge is -2.15. The second kappa shape index (κ2) is 9.23. The predicted octanol–water partition coefficient (Wildman–Crippen LogP) is 3.53. The van der Waals surface area contributed by atoms with E-state index >= 15 is 0 Å². The van der Waals surface area contributed by atoms with Gasteiger partial charge in [-0.1, -0.05) is 24.3 Å². The second-order valence-electron chi connectivity index (χ2n) is 6.45. The third-order valence-corrected chi connectivity index (χ3v) is 5.58. The van der Waals surface area contributed by atoms with E-state index in [9.17, 15) is 26.4 Å². The number of carbonyl (C=O) groups excluding carboxylic acids is 1. The Labute approximate surface area is 167 Å². The number of hydrogen-bond acceptors (Lipinski definition) is 3. The average molecular weight is 426 g/mol. The number of rotatable bonds is 8. The molecule has 0 saturated carbocycles. The molecule has 5 nitrogen and oxygen atoms in total. The van der Waals surface area contributed by atoms with E-state index in [-0.39, 0.29) is 23.4 Å². The van der Waals surface area contributed by atoms with Crippen molar-refractivity contribution in [2.24, 2.45) is 0 Å². The number of benzene rings is 2. The molecule has 0 spiro atoms. The van der Waals surface area contributed by atoms with E-state index in [1.807, 2.05) is 0 Å². The highest BCUT2D eigenvalue weighted by Crippen LogP contribution is 2.29. The van der Waals surface area contributed by atoms with Crippen LogP contribution in [-0.4, -0.2) is 26.9 Å². The summed E-state index contributed by atoms with van der Waals surface area (Å²) in [4.78, 5) is 11.9. The number of alkyl halides is 3. The molecule has 2 rings (SSSR count). The van der Waals surface area contributed by atoms with Crippen molar-refractivity contribution in [2.45, 2.75) is 30.5 Å². The van der Waals surface area contributed by atoms with Crippen molar-refractivity contribution in [1.82, 2.24) is 10.0 Å². The lowest BCUT2D eigenvalue weighted by Crippen LogP contribution is -2.34. The van der Waals surface area contributed by atoms with Gasteiger partial charge in [-0.3, -0.25) is 4.79 Å². The Morgan fingerprint density at radius 3 is 2.41 bits per heavy atom. The minimum atomic E-state index is -4.42. The minimum absolute atomic E-state index is 0.0805. The quantitative estimate of drug-likeness (QED) is 0.634. The fraction of sp³-hybridized carbons (Fsp3) is 0.250. The Hall–Kier alpha value is -2.65. The van der Waals surface area contributed by atoms with Crippen molar-refractivity contribution in [1.29, 1.82) is 0 Å². The number of nitrogens with one attached hydrogen (secondary N) is 2. The normalized spacial score (nSPS) is 13.0. The first-order chi connectivity index (χ1) is 13.5. The number of hydrogen-bond donors (Lipinski definition) is 2. The van der Waals surface area contributed by atoms with Crippen LogP contribution in [-0.2, 0) is 22.6 Å². The van der Waals surface area contributed by atoms with Gasteiger partial charge < -0.3 is 5.32 Å². The van der Waals surface area contributed by atoms with E-state index in [0.29, 0.717) is 5.56 Å². The molecule has 0 saturated heterocycles. The predicted molar refractivity (Wildman–Crippen MR) is 104 cm³/mol. The first-order valence-corrected chi connectivity index (χ1v) is 10.2. The summed E-state index contributed by atoms with van der Waals surface area (Å²) < 4.78 is 65.6. The molecule has 1 unspecified atom stereocenters. The van der Waals surface area contributed by atoms with E-state index in [0.717, 1.165) is 12.1 Å². The van der Waals surface area contributed by atoms with E-state index < -0.39 is 33.7 Å². The van der Waals surface area contributed by atoms with Crippen LogP contribution >= 0.6 is 0 Å². The molecule has 0 heterocycles. The van der Waals surface area contributed by atoms with Gasteiger partial charge in [0.15, 0.2) is 0 Å². The van der Waals surface area contributed by atoms with Crippen LogP contribution < -0.4 is 10.0 Å². The minimum Gasteiger partial charge on any atom is -0.349 e. The van der Waals surface area contributed by atoms with Crippen LogP contribution in [0, 0.1) is 0 Å². The van der Waals surface area contributed by atoms with Crippen molar-refractivity contribution in [2.75, 3.05) is 6.54 Å². The summed E-state index contributed by atoms with van der Waals surface area (Å²) in [5.41, 5.74) is -0.0168. The monoisotopic (exact) mass is 426 g/mol. The number of amides is 1. The summed E-state index contributed by atoms with van der Waals surface area (Å²) in [7, 11) is -3.92. The Kier molecular flexibility index (Phi) is 7.21. The molecule has 29 heavy (non-hydrogen) atoms. The molecule has 0 aromatic heterocycles. The highest BCUT2D eigenvalue weighted by Gasteiger charge is 2.30. The molecular formula is C20H21F3N2O3S. The van der Waals surface area contributed by atoms with Crippen LogP contribution in [0.3, 0.4) is 0 Å². The van der Waals surface area contributed by atoms with Gasteiger partial charge in [-0.15, -0.1) is 6.58 Å². The van der Waals surface area contributed by atoms with Crippen molar-refractivity contribution < 1.29 is 26.4 Å². The van der Waals surface area contributed by atoms with Crippen molar-refractivity contribution in [3.63, 3.8) is 0 Å². The Bertz CT molecular complexity index is 971. The van der Waals surface area contributed by atoms with E-state index in [4.69, 9.17) is 0 Å². The van der Waals surface area contributed by atoms with Crippen LogP contribution in [0.5, 0.6) is 0 Å². The summed E-state index contributed by atoms with van der Waals surface area (Å²) in [6.45, 7) is 5.35. The lowest BCUT2D eigenvalue weighted by molar-refractivity contribution is -0.137. The summed E-state index contributed by atoms with van der Waals surface area (Å²) in [6.07, 6.45) is -2.71. The summed E-state index contributed by atoms with van der Waals surface area (Å²) in [6, 6.07) is 9.54. The zero-order valence-electron chi connectivity index (χ0n) is 15.7. The molecule has 0 aliphatic heterocycles. The van der Waals surface area contributed by atoms with Crippen molar-refractivity contribution in [3.8, 4) is 0 Å². The molecule has 156 valence electrons. The van der Waals surface area contributed by atoms with Gasteiger partial charge in [0, 0.05) is 18.2 Å². The molecule has 9 heteroatoms. The van der Waals surface area contributed by atoms with Gasteiger partial charge in [0.25, 0.3) is 5.91 Å². The number of halogens is 3. The number of carbonyl (C=O) groups is 1. The first kappa shape index (κ1) is 22.6. The lowest BCUT2D eigenvalue weighted by atomic mass is 10.1. The molecule has 0 aliphatic rings. The van der Waals surface area contributed by atoms with Gasteiger partial charge in [-0.2, -0.15) is 13.2 Å². The fourth-order valence-corrected chi connectivity index (χ4v) is 3.92. The Morgan fingerprint density at radius 2 is 1.83 bits per heavy atom. The van der Waals surface area contributed by atoms with Gasteiger partial charge in [0.1, 0.15) is 0 Å². The smallest absolute Gasteiger partial charge is 0.349 e. The van der Waals surface area contributed by atoms with Crippen molar-refractivity contribution in [3.05, 3.63) is 77.9 Å². The molecular weight excluding hydrogens is 405 g/mol. The SMILES string of the molecule is C=CCNC(=O)c1cccc(S(=O)(=O)NC(C)Cc2ccc(C(F)(F)F)cc2)c1. The molecule has 0 fully saturated rings. The van der Waals surface area contributed by atoms with E-state index in [1.165, 1.54) is 42.5 Å². The molecule has 2 aromatic carbocycles. The maximum atomic E-state index is 12.6. The van der Waals surface area contributed by atoms with Gasteiger partial charge >= 0.3 is 6.18 Å². The standard InChI is InChI=1S/C20H21F3N2O3S/c1-3-11-24-19(26)16-5-4-6-18(13-16)29(27,28)25-14(2)12-15-7-9-17(10-8-15)20(21,22)23/h3-10,13-14,25H,1,11-12H2,2H3,(H,24,26).